The van der Waals surface area contributed by atoms with E-state index in [1.807, 2.05) is 38.1 Å². The van der Waals surface area contributed by atoms with Crippen LogP contribution in [0.3, 0.4) is 0 Å². The average molecular weight is 224 g/mol. The molecule has 0 fully saturated rings. The van der Waals surface area contributed by atoms with Gasteiger partial charge in [-0.1, -0.05) is 0 Å². The summed E-state index contributed by atoms with van der Waals surface area (Å²) in [5.41, 5.74) is 6.63. The standard InChI is InChI=1S/C11H20N4O/c1-8(2)16-10-6-4-9(5-7-10)14-11(12)15(3)13/h4-8,11,14H,12-13H2,1-3H3. The summed E-state index contributed by atoms with van der Waals surface area (Å²) in [4.78, 5) is 0. The molecule has 0 aliphatic rings. The number of anilines is 1. The maximum atomic E-state index is 5.73. The molecular formula is C11H20N4O. The van der Waals surface area contributed by atoms with Gasteiger partial charge < -0.3 is 10.1 Å². The quantitative estimate of drug-likeness (QED) is 0.394. The van der Waals surface area contributed by atoms with Crippen molar-refractivity contribution in [1.29, 1.82) is 0 Å². The largest absolute Gasteiger partial charge is 0.491 e. The zero-order chi connectivity index (χ0) is 12.1. The predicted molar refractivity (Wildman–Crippen MR) is 65.8 cm³/mol. The summed E-state index contributed by atoms with van der Waals surface area (Å²) in [6.07, 6.45) is -0.229. The SMILES string of the molecule is CC(C)Oc1ccc(NC(N)N(C)N)cc1. The fourth-order valence-corrected chi connectivity index (χ4v) is 1.17. The molecule has 1 rings (SSSR count). The van der Waals surface area contributed by atoms with Gasteiger partial charge in [0, 0.05) is 12.7 Å². The number of nitrogens with one attached hydrogen (secondary N) is 1. The molecule has 0 saturated heterocycles. The third-order valence-electron chi connectivity index (χ3n) is 1.98. The van der Waals surface area contributed by atoms with E-state index in [1.165, 1.54) is 5.01 Å². The Balaban J connectivity index is 2.57. The lowest BCUT2D eigenvalue weighted by Crippen LogP contribution is -2.49. The lowest BCUT2D eigenvalue weighted by Gasteiger charge is -2.21. The summed E-state index contributed by atoms with van der Waals surface area (Å²) < 4.78 is 5.53. The lowest BCUT2D eigenvalue weighted by molar-refractivity contribution is 0.242. The van der Waals surface area contributed by atoms with Gasteiger partial charge in [0.15, 0.2) is 0 Å². The number of rotatable bonds is 5. The van der Waals surface area contributed by atoms with Crippen molar-refractivity contribution in [3.8, 4) is 5.75 Å². The zero-order valence-corrected chi connectivity index (χ0v) is 9.97. The molecule has 1 atom stereocenters. The Morgan fingerprint density at radius 2 is 1.81 bits per heavy atom. The Morgan fingerprint density at radius 3 is 2.25 bits per heavy atom. The fourth-order valence-electron chi connectivity index (χ4n) is 1.17. The van der Waals surface area contributed by atoms with Gasteiger partial charge in [0.05, 0.1) is 6.10 Å². The van der Waals surface area contributed by atoms with Gasteiger partial charge in [0.25, 0.3) is 0 Å². The normalized spacial score (nSPS) is 12.9. The van der Waals surface area contributed by atoms with E-state index in [0.29, 0.717) is 0 Å². The van der Waals surface area contributed by atoms with Crippen LogP contribution in [0.1, 0.15) is 13.8 Å². The second-order valence-electron chi connectivity index (χ2n) is 3.95. The van der Waals surface area contributed by atoms with Crippen LogP contribution >= 0.6 is 0 Å². The van der Waals surface area contributed by atoms with Crippen molar-refractivity contribution in [2.45, 2.75) is 26.2 Å². The molecule has 0 bridgehead atoms. The number of hydrogen-bond acceptors (Lipinski definition) is 5. The van der Waals surface area contributed by atoms with Crippen LogP contribution in [0.25, 0.3) is 0 Å². The summed E-state index contributed by atoms with van der Waals surface area (Å²) in [5.74, 6) is 6.34. The van der Waals surface area contributed by atoms with Crippen molar-refractivity contribution < 1.29 is 4.74 Å². The number of nitrogens with zero attached hydrogens (tertiary/aromatic N) is 1. The molecule has 5 N–H and O–H groups in total. The second-order valence-corrected chi connectivity index (χ2v) is 3.95. The van der Waals surface area contributed by atoms with E-state index in [9.17, 15) is 0 Å². The fraction of sp³-hybridized carbons (Fsp3) is 0.455. The van der Waals surface area contributed by atoms with Crippen molar-refractivity contribution in [2.24, 2.45) is 11.6 Å². The number of nitrogens with two attached hydrogens (primary N) is 2. The molecule has 1 unspecified atom stereocenters. The first-order valence-corrected chi connectivity index (χ1v) is 5.25. The van der Waals surface area contributed by atoms with Crippen molar-refractivity contribution in [1.82, 2.24) is 5.01 Å². The molecule has 0 radical (unpaired) electrons. The Kier molecular flexibility index (Phi) is 4.54. The highest BCUT2D eigenvalue weighted by molar-refractivity contribution is 5.46. The maximum absolute atomic E-state index is 5.73. The minimum atomic E-state index is -0.406. The average Bonchev–Trinajstić information content (AvgIpc) is 2.20. The second kappa shape index (κ2) is 5.69. The number of ether oxygens (including phenoxy) is 1. The molecule has 5 heteroatoms. The highest BCUT2D eigenvalue weighted by Gasteiger charge is 2.04. The molecule has 5 nitrogen and oxygen atoms in total. The predicted octanol–water partition coefficient (Wildman–Crippen LogP) is 0.933. The first kappa shape index (κ1) is 12.8. The van der Waals surface area contributed by atoms with Crippen LogP contribution in [0.4, 0.5) is 5.69 Å². The first-order valence-electron chi connectivity index (χ1n) is 5.25. The number of hydrazine groups is 1. The van der Waals surface area contributed by atoms with Gasteiger partial charge in [-0.15, -0.1) is 0 Å². The van der Waals surface area contributed by atoms with Crippen LogP contribution in [0.2, 0.25) is 0 Å². The summed E-state index contributed by atoms with van der Waals surface area (Å²) >= 11 is 0. The highest BCUT2D eigenvalue weighted by Crippen LogP contribution is 2.17. The summed E-state index contributed by atoms with van der Waals surface area (Å²) in [7, 11) is 1.70. The van der Waals surface area contributed by atoms with Crippen molar-refractivity contribution in [3.63, 3.8) is 0 Å². The molecule has 0 heterocycles. The van der Waals surface area contributed by atoms with Crippen LogP contribution in [-0.4, -0.2) is 24.5 Å². The zero-order valence-electron chi connectivity index (χ0n) is 9.97. The molecule has 16 heavy (non-hydrogen) atoms. The smallest absolute Gasteiger partial charge is 0.144 e. The topological polar surface area (TPSA) is 76.5 Å². The third kappa shape index (κ3) is 4.06. The highest BCUT2D eigenvalue weighted by atomic mass is 16.5. The van der Waals surface area contributed by atoms with Gasteiger partial charge in [-0.3, -0.25) is 11.6 Å². The minimum absolute atomic E-state index is 0.177. The van der Waals surface area contributed by atoms with Gasteiger partial charge in [-0.2, -0.15) is 0 Å². The monoisotopic (exact) mass is 224 g/mol. The van der Waals surface area contributed by atoms with Crippen molar-refractivity contribution in [3.05, 3.63) is 24.3 Å². The van der Waals surface area contributed by atoms with Crippen LogP contribution in [-0.2, 0) is 0 Å². The van der Waals surface area contributed by atoms with Crippen LogP contribution in [0.15, 0.2) is 24.3 Å². The van der Waals surface area contributed by atoms with E-state index in [-0.39, 0.29) is 6.10 Å². The Hall–Kier alpha value is -1.30. The Morgan fingerprint density at radius 1 is 1.25 bits per heavy atom. The molecule has 1 aromatic carbocycles. The molecular weight excluding hydrogens is 204 g/mol. The lowest BCUT2D eigenvalue weighted by atomic mass is 10.3. The molecule has 1 aromatic rings. The van der Waals surface area contributed by atoms with Crippen LogP contribution in [0.5, 0.6) is 5.75 Å². The van der Waals surface area contributed by atoms with E-state index < -0.39 is 6.29 Å². The van der Waals surface area contributed by atoms with E-state index >= 15 is 0 Å². The molecule has 0 amide bonds. The third-order valence-corrected chi connectivity index (χ3v) is 1.98. The molecule has 0 aliphatic carbocycles. The van der Waals surface area contributed by atoms with Crippen LogP contribution in [0, 0.1) is 0 Å². The first-order chi connectivity index (χ1) is 7.49. The minimum Gasteiger partial charge on any atom is -0.491 e. The maximum Gasteiger partial charge on any atom is 0.144 e. The van der Waals surface area contributed by atoms with E-state index in [0.717, 1.165) is 11.4 Å². The summed E-state index contributed by atoms with van der Waals surface area (Å²) in [5, 5.41) is 4.45. The van der Waals surface area contributed by atoms with Gasteiger partial charge in [0.2, 0.25) is 0 Å². The van der Waals surface area contributed by atoms with Gasteiger partial charge >= 0.3 is 0 Å². The summed E-state index contributed by atoms with van der Waals surface area (Å²) in [6.45, 7) is 3.98. The molecule has 0 aromatic heterocycles. The van der Waals surface area contributed by atoms with E-state index in [4.69, 9.17) is 16.3 Å². The number of benzene rings is 1. The van der Waals surface area contributed by atoms with E-state index in [1.54, 1.807) is 7.05 Å². The molecule has 90 valence electrons. The Labute approximate surface area is 96.3 Å². The molecule has 0 aliphatic heterocycles. The van der Waals surface area contributed by atoms with Crippen LogP contribution < -0.4 is 21.6 Å². The van der Waals surface area contributed by atoms with Crippen molar-refractivity contribution >= 4 is 5.69 Å². The Bertz CT molecular complexity index is 310. The van der Waals surface area contributed by atoms with Crippen molar-refractivity contribution in [2.75, 3.05) is 12.4 Å². The van der Waals surface area contributed by atoms with Gasteiger partial charge in [-0.05, 0) is 38.1 Å². The summed E-state index contributed by atoms with van der Waals surface area (Å²) in [6, 6.07) is 7.60. The van der Waals surface area contributed by atoms with E-state index in [2.05, 4.69) is 5.32 Å². The van der Waals surface area contributed by atoms with Gasteiger partial charge in [0.1, 0.15) is 12.0 Å². The molecule has 0 spiro atoms. The molecule has 0 saturated carbocycles. The van der Waals surface area contributed by atoms with Gasteiger partial charge in [-0.25, -0.2) is 5.01 Å². The number of hydrogen-bond donors (Lipinski definition) is 3.